The fourth-order valence-corrected chi connectivity index (χ4v) is 2.42. The summed E-state index contributed by atoms with van der Waals surface area (Å²) in [4.78, 5) is 3.29. The van der Waals surface area contributed by atoms with Crippen LogP contribution in [0.1, 0.15) is 11.1 Å². The molecule has 1 N–H and O–H groups in total. The molecule has 0 spiro atoms. The van der Waals surface area contributed by atoms with E-state index in [0.717, 1.165) is 12.8 Å². The van der Waals surface area contributed by atoms with Crippen molar-refractivity contribution < 1.29 is 0 Å². The van der Waals surface area contributed by atoms with Crippen molar-refractivity contribution in [2.75, 3.05) is 0 Å². The largest absolute Gasteiger partial charge is 0.361 e. The van der Waals surface area contributed by atoms with Crippen LogP contribution in [0.5, 0.6) is 0 Å². The van der Waals surface area contributed by atoms with E-state index in [9.17, 15) is 0 Å². The molecule has 0 aliphatic carbocycles. The van der Waals surface area contributed by atoms with Crippen molar-refractivity contribution in [1.29, 1.82) is 0 Å². The number of nitrogens with one attached hydrogen (secondary N) is 1. The molecule has 0 saturated carbocycles. The second kappa shape index (κ2) is 5.57. The molecule has 0 aliphatic heterocycles. The molecular formula is C18H17N. The third-order valence-corrected chi connectivity index (χ3v) is 3.43. The third kappa shape index (κ3) is 2.76. The van der Waals surface area contributed by atoms with Gasteiger partial charge in [0.1, 0.15) is 0 Å². The average Bonchev–Trinajstić information content (AvgIpc) is 3.01. The van der Waals surface area contributed by atoms with Crippen LogP contribution in [0.25, 0.3) is 11.3 Å². The van der Waals surface area contributed by atoms with E-state index in [2.05, 4.69) is 65.6 Å². The lowest BCUT2D eigenvalue weighted by Gasteiger charge is -2.08. The second-order valence-corrected chi connectivity index (χ2v) is 4.73. The molecule has 0 saturated heterocycles. The van der Waals surface area contributed by atoms with Crippen LogP contribution >= 0.6 is 0 Å². The van der Waals surface area contributed by atoms with Crippen LogP contribution in [0.3, 0.4) is 0 Å². The Morgan fingerprint density at radius 1 is 0.684 bits per heavy atom. The van der Waals surface area contributed by atoms with Crippen molar-refractivity contribution >= 4 is 0 Å². The van der Waals surface area contributed by atoms with Gasteiger partial charge in [0.05, 0.1) is 0 Å². The van der Waals surface area contributed by atoms with Gasteiger partial charge < -0.3 is 4.98 Å². The summed E-state index contributed by atoms with van der Waals surface area (Å²) in [5, 5.41) is 0. The summed E-state index contributed by atoms with van der Waals surface area (Å²) >= 11 is 0. The molecule has 0 atom stereocenters. The lowest BCUT2D eigenvalue weighted by molar-refractivity contribution is 0.961. The minimum absolute atomic E-state index is 1.07. The van der Waals surface area contributed by atoms with Gasteiger partial charge in [0.15, 0.2) is 0 Å². The highest BCUT2D eigenvalue weighted by Crippen LogP contribution is 2.23. The Hall–Kier alpha value is -2.28. The minimum atomic E-state index is 1.07. The summed E-state index contributed by atoms with van der Waals surface area (Å²) in [6, 6.07) is 23.5. The Morgan fingerprint density at radius 2 is 1.47 bits per heavy atom. The molecule has 19 heavy (non-hydrogen) atoms. The molecule has 0 radical (unpaired) electrons. The maximum absolute atomic E-state index is 3.29. The highest BCUT2D eigenvalue weighted by Gasteiger charge is 2.05. The number of hydrogen-bond acceptors (Lipinski definition) is 0. The molecular weight excluding hydrogens is 230 g/mol. The molecule has 0 fully saturated rings. The summed E-state index contributed by atoms with van der Waals surface area (Å²) in [6.07, 6.45) is 4.13. The first-order chi connectivity index (χ1) is 9.43. The van der Waals surface area contributed by atoms with E-state index < -0.39 is 0 Å². The maximum Gasteiger partial charge on any atom is 0.0456 e. The number of aryl methyl sites for hydroxylation is 2. The van der Waals surface area contributed by atoms with Crippen LogP contribution in [0.4, 0.5) is 0 Å². The smallest absolute Gasteiger partial charge is 0.0456 e. The topological polar surface area (TPSA) is 15.8 Å². The first-order valence-electron chi connectivity index (χ1n) is 6.69. The monoisotopic (exact) mass is 247 g/mol. The highest BCUT2D eigenvalue weighted by atomic mass is 14.7. The van der Waals surface area contributed by atoms with Crippen LogP contribution in [-0.4, -0.2) is 4.98 Å². The first kappa shape index (κ1) is 11.8. The Bertz CT molecular complexity index is 624. The van der Waals surface area contributed by atoms with Gasteiger partial charge >= 0.3 is 0 Å². The summed E-state index contributed by atoms with van der Waals surface area (Å²) < 4.78 is 0. The van der Waals surface area contributed by atoms with Gasteiger partial charge in [-0.05, 0) is 36.1 Å². The summed E-state index contributed by atoms with van der Waals surface area (Å²) in [7, 11) is 0. The van der Waals surface area contributed by atoms with E-state index in [4.69, 9.17) is 0 Å². The third-order valence-electron chi connectivity index (χ3n) is 3.43. The first-order valence-corrected chi connectivity index (χ1v) is 6.69. The van der Waals surface area contributed by atoms with E-state index in [0.29, 0.717) is 0 Å². The van der Waals surface area contributed by atoms with Gasteiger partial charge in [-0.25, -0.2) is 0 Å². The summed E-state index contributed by atoms with van der Waals surface area (Å²) in [5.74, 6) is 0. The van der Waals surface area contributed by atoms with Crippen LogP contribution in [-0.2, 0) is 12.8 Å². The molecule has 0 bridgehead atoms. The molecule has 2 aromatic carbocycles. The molecule has 94 valence electrons. The van der Waals surface area contributed by atoms with Crippen molar-refractivity contribution in [2.24, 2.45) is 0 Å². The van der Waals surface area contributed by atoms with Crippen LogP contribution < -0.4 is 0 Å². The number of hydrogen-bond donors (Lipinski definition) is 1. The highest BCUT2D eigenvalue weighted by molar-refractivity contribution is 5.63. The number of benzene rings is 2. The molecule has 1 heteroatoms. The molecule has 1 nitrogen and oxygen atoms in total. The summed E-state index contributed by atoms with van der Waals surface area (Å²) in [6.45, 7) is 0. The average molecular weight is 247 g/mol. The Labute approximate surface area is 113 Å². The predicted molar refractivity (Wildman–Crippen MR) is 80.1 cm³/mol. The molecule has 3 rings (SSSR count). The van der Waals surface area contributed by atoms with Crippen molar-refractivity contribution in [3.63, 3.8) is 0 Å². The zero-order chi connectivity index (χ0) is 12.9. The minimum Gasteiger partial charge on any atom is -0.361 e. The van der Waals surface area contributed by atoms with Gasteiger partial charge in [0.25, 0.3) is 0 Å². The normalized spacial score (nSPS) is 10.5. The van der Waals surface area contributed by atoms with Crippen molar-refractivity contribution in [3.8, 4) is 11.3 Å². The van der Waals surface area contributed by atoms with Gasteiger partial charge in [0, 0.05) is 17.5 Å². The van der Waals surface area contributed by atoms with E-state index >= 15 is 0 Å². The molecule has 0 aliphatic rings. The molecule has 0 amide bonds. The molecule has 1 heterocycles. The van der Waals surface area contributed by atoms with Crippen molar-refractivity contribution in [3.05, 3.63) is 84.1 Å². The van der Waals surface area contributed by atoms with Crippen LogP contribution in [0, 0.1) is 0 Å². The van der Waals surface area contributed by atoms with E-state index in [-0.39, 0.29) is 0 Å². The lowest BCUT2D eigenvalue weighted by Crippen LogP contribution is -1.94. The number of H-pyrrole nitrogens is 1. The van der Waals surface area contributed by atoms with E-state index in [1.54, 1.807) is 0 Å². The zero-order valence-electron chi connectivity index (χ0n) is 10.8. The van der Waals surface area contributed by atoms with Gasteiger partial charge in [-0.1, -0.05) is 54.6 Å². The van der Waals surface area contributed by atoms with Gasteiger partial charge in [-0.2, -0.15) is 0 Å². The van der Waals surface area contributed by atoms with Crippen molar-refractivity contribution in [2.45, 2.75) is 12.8 Å². The second-order valence-electron chi connectivity index (χ2n) is 4.73. The standard InChI is InChI=1S/C18H17N/c1-2-7-15(8-3-1)12-13-16-9-4-5-10-17(16)18-11-6-14-19-18/h1-11,14,19H,12-13H2. The van der Waals surface area contributed by atoms with Gasteiger partial charge in [0.2, 0.25) is 0 Å². The van der Waals surface area contributed by atoms with E-state index in [1.165, 1.54) is 22.4 Å². The summed E-state index contributed by atoms with van der Waals surface area (Å²) in [5.41, 5.74) is 5.30. The van der Waals surface area contributed by atoms with Gasteiger partial charge in [-0.3, -0.25) is 0 Å². The number of aromatic nitrogens is 1. The van der Waals surface area contributed by atoms with E-state index in [1.807, 2.05) is 12.3 Å². The van der Waals surface area contributed by atoms with Crippen LogP contribution in [0.2, 0.25) is 0 Å². The molecule has 0 unspecified atom stereocenters. The SMILES string of the molecule is c1ccc(CCc2ccccc2-c2ccc[nH]2)cc1. The fraction of sp³-hybridized carbons (Fsp3) is 0.111. The molecule has 3 aromatic rings. The predicted octanol–water partition coefficient (Wildman–Crippen LogP) is 4.47. The maximum atomic E-state index is 3.29. The molecule has 1 aromatic heterocycles. The Balaban J connectivity index is 1.82. The van der Waals surface area contributed by atoms with Crippen LogP contribution in [0.15, 0.2) is 72.9 Å². The lowest BCUT2D eigenvalue weighted by atomic mass is 9.98. The zero-order valence-corrected chi connectivity index (χ0v) is 10.8. The number of rotatable bonds is 4. The van der Waals surface area contributed by atoms with Gasteiger partial charge in [-0.15, -0.1) is 0 Å². The number of aromatic amines is 1. The quantitative estimate of drug-likeness (QED) is 0.700. The van der Waals surface area contributed by atoms with Crippen molar-refractivity contribution in [1.82, 2.24) is 4.98 Å². The Morgan fingerprint density at radius 3 is 2.26 bits per heavy atom. The fourth-order valence-electron chi connectivity index (χ4n) is 2.42. The Kier molecular flexibility index (Phi) is 3.46.